The Bertz CT molecular complexity index is 1130. The van der Waals surface area contributed by atoms with Crippen molar-refractivity contribution in [3.63, 3.8) is 0 Å². The van der Waals surface area contributed by atoms with Crippen LogP contribution in [0.2, 0.25) is 0 Å². The van der Waals surface area contributed by atoms with Crippen LogP contribution in [-0.2, 0) is 28.6 Å². The highest BCUT2D eigenvalue weighted by Gasteiger charge is 2.19. The summed E-state index contributed by atoms with van der Waals surface area (Å²) in [6.45, 7) is 6.47. The summed E-state index contributed by atoms with van der Waals surface area (Å²) >= 11 is 0. The third kappa shape index (κ3) is 48.1. The zero-order valence-corrected chi connectivity index (χ0v) is 40.9. The third-order valence-electron chi connectivity index (χ3n) is 11.3. The lowest BCUT2D eigenvalue weighted by Crippen LogP contribution is -2.30. The Morgan fingerprint density at radius 2 is 0.629 bits per heavy atom. The molecule has 0 rings (SSSR count). The quantitative estimate of drug-likeness (QED) is 0.0262. The molecule has 0 bridgehead atoms. The van der Waals surface area contributed by atoms with Crippen molar-refractivity contribution in [3.05, 3.63) is 60.8 Å². The van der Waals surface area contributed by atoms with Gasteiger partial charge in [-0.2, -0.15) is 0 Å². The Labute approximate surface area is 383 Å². The predicted octanol–water partition coefficient (Wildman–Crippen LogP) is 17.3. The van der Waals surface area contributed by atoms with Gasteiger partial charge in [-0.05, 0) is 57.8 Å². The van der Waals surface area contributed by atoms with Crippen molar-refractivity contribution in [2.24, 2.45) is 0 Å². The van der Waals surface area contributed by atoms with Crippen LogP contribution in [0, 0.1) is 0 Å². The highest BCUT2D eigenvalue weighted by molar-refractivity contribution is 5.71. The van der Waals surface area contributed by atoms with Gasteiger partial charge in [-0.3, -0.25) is 14.4 Å². The molecule has 0 unspecified atom stereocenters. The van der Waals surface area contributed by atoms with Gasteiger partial charge in [0.05, 0.1) is 0 Å². The second-order valence-corrected chi connectivity index (χ2v) is 17.4. The average molecular weight is 867 g/mol. The average Bonchev–Trinajstić information content (AvgIpc) is 3.27. The minimum atomic E-state index is -0.799. The summed E-state index contributed by atoms with van der Waals surface area (Å²) in [7, 11) is 0. The van der Waals surface area contributed by atoms with E-state index in [0.29, 0.717) is 19.3 Å². The van der Waals surface area contributed by atoms with Crippen LogP contribution >= 0.6 is 0 Å². The lowest BCUT2D eigenvalue weighted by Gasteiger charge is -2.18. The number of allylic oxidation sites excluding steroid dienone is 10. The number of unbranched alkanes of at least 4 members (excludes halogenated alkanes) is 26. The van der Waals surface area contributed by atoms with Crippen LogP contribution < -0.4 is 0 Å². The van der Waals surface area contributed by atoms with Gasteiger partial charge in [0.2, 0.25) is 0 Å². The van der Waals surface area contributed by atoms with Crippen molar-refractivity contribution in [1.29, 1.82) is 0 Å². The Kier molecular flexibility index (Phi) is 48.4. The van der Waals surface area contributed by atoms with E-state index in [-0.39, 0.29) is 37.5 Å². The summed E-state index contributed by atoms with van der Waals surface area (Å²) in [5.74, 6) is -0.948. The fourth-order valence-corrected chi connectivity index (χ4v) is 7.36. The van der Waals surface area contributed by atoms with E-state index >= 15 is 0 Å². The molecule has 0 aromatic rings. The van der Waals surface area contributed by atoms with Crippen molar-refractivity contribution in [3.8, 4) is 0 Å². The van der Waals surface area contributed by atoms with E-state index in [1.807, 2.05) is 0 Å². The Morgan fingerprint density at radius 1 is 0.339 bits per heavy atom. The molecule has 0 radical (unpaired) electrons. The Morgan fingerprint density at radius 3 is 0.968 bits per heavy atom. The largest absolute Gasteiger partial charge is 0.462 e. The topological polar surface area (TPSA) is 78.9 Å². The van der Waals surface area contributed by atoms with E-state index in [1.54, 1.807) is 0 Å². The molecule has 1 atom stereocenters. The molecule has 62 heavy (non-hydrogen) atoms. The maximum atomic E-state index is 12.8. The molecule has 0 spiro atoms. The van der Waals surface area contributed by atoms with Gasteiger partial charge in [0.25, 0.3) is 0 Å². The van der Waals surface area contributed by atoms with E-state index in [1.165, 1.54) is 135 Å². The molecule has 0 saturated heterocycles. The molecule has 6 nitrogen and oxygen atoms in total. The Balaban J connectivity index is 4.37. The van der Waals surface area contributed by atoms with Crippen LogP contribution in [0.3, 0.4) is 0 Å². The molecule has 358 valence electrons. The van der Waals surface area contributed by atoms with Crippen LogP contribution in [0.4, 0.5) is 0 Å². The first kappa shape index (κ1) is 59.1. The molecular formula is C56H98O6. The molecule has 0 aliphatic rings. The van der Waals surface area contributed by atoms with Gasteiger partial charge >= 0.3 is 17.9 Å². The smallest absolute Gasteiger partial charge is 0.306 e. The first-order valence-corrected chi connectivity index (χ1v) is 26.3. The molecule has 0 fully saturated rings. The van der Waals surface area contributed by atoms with Gasteiger partial charge in [-0.1, -0.05) is 242 Å². The molecule has 0 aliphatic carbocycles. The minimum absolute atomic E-state index is 0.0935. The van der Waals surface area contributed by atoms with Crippen LogP contribution in [0.1, 0.15) is 258 Å². The molecule has 0 aromatic heterocycles. The maximum Gasteiger partial charge on any atom is 0.306 e. The summed E-state index contributed by atoms with van der Waals surface area (Å²) in [4.78, 5) is 37.9. The lowest BCUT2D eigenvalue weighted by atomic mass is 10.0. The summed E-state index contributed by atoms with van der Waals surface area (Å²) in [6, 6.07) is 0. The van der Waals surface area contributed by atoms with Crippen molar-refractivity contribution in [1.82, 2.24) is 0 Å². The number of rotatable bonds is 47. The SMILES string of the molecule is CC/C=C\C/C=C\C/C=C\C/C=C\C/C=C\CCCC(=O)O[C@H](COC(=O)CCCCCCCCCCC)COC(=O)CCCCCCCCCCCCCCCCCCCC. The molecular weight excluding hydrogens is 769 g/mol. The van der Waals surface area contributed by atoms with E-state index in [0.717, 1.165) is 77.0 Å². The van der Waals surface area contributed by atoms with Crippen LogP contribution in [0.25, 0.3) is 0 Å². The highest BCUT2D eigenvalue weighted by Crippen LogP contribution is 2.16. The fraction of sp³-hybridized carbons (Fsp3) is 0.768. The van der Waals surface area contributed by atoms with Crippen molar-refractivity contribution in [2.75, 3.05) is 13.2 Å². The molecule has 0 heterocycles. The standard InChI is InChI=1S/C56H98O6/c1-4-7-10-13-16-19-21-23-25-27-29-30-32-34-37-40-43-46-49-55(58)61-52-53(51-60-54(57)48-45-42-39-36-18-15-12-9-6-3)62-56(59)50-47-44-41-38-35-33-31-28-26-24-22-20-17-14-11-8-5-2/h8,11,17,20,24,26,31,33,38,41,53H,4-7,9-10,12-16,18-19,21-23,25,27-30,32,34-37,39-40,42-52H2,1-3H3/b11-8-,20-17-,26-24-,33-31-,41-38-/t53-/m1/s1. The van der Waals surface area contributed by atoms with Crippen LogP contribution in [-0.4, -0.2) is 37.2 Å². The van der Waals surface area contributed by atoms with Crippen molar-refractivity contribution in [2.45, 2.75) is 264 Å². The Hall–Kier alpha value is -2.89. The molecule has 0 aliphatic heterocycles. The van der Waals surface area contributed by atoms with Crippen LogP contribution in [0.15, 0.2) is 60.8 Å². The highest BCUT2D eigenvalue weighted by atomic mass is 16.6. The van der Waals surface area contributed by atoms with Gasteiger partial charge in [-0.25, -0.2) is 0 Å². The molecule has 0 amide bonds. The first-order chi connectivity index (χ1) is 30.5. The van der Waals surface area contributed by atoms with E-state index in [9.17, 15) is 14.4 Å². The van der Waals surface area contributed by atoms with Gasteiger partial charge in [0.15, 0.2) is 6.10 Å². The molecule has 6 heteroatoms. The number of hydrogen-bond donors (Lipinski definition) is 0. The van der Waals surface area contributed by atoms with E-state index < -0.39 is 6.10 Å². The second kappa shape index (κ2) is 50.8. The summed E-state index contributed by atoms with van der Waals surface area (Å²) < 4.78 is 16.7. The molecule has 0 N–H and O–H groups in total. The van der Waals surface area contributed by atoms with Crippen molar-refractivity contribution < 1.29 is 28.6 Å². The third-order valence-corrected chi connectivity index (χ3v) is 11.3. The number of carbonyl (C=O) groups is 3. The zero-order chi connectivity index (χ0) is 45.1. The van der Waals surface area contributed by atoms with Gasteiger partial charge in [0.1, 0.15) is 13.2 Å². The second-order valence-electron chi connectivity index (χ2n) is 17.4. The van der Waals surface area contributed by atoms with Crippen molar-refractivity contribution >= 4 is 17.9 Å². The van der Waals surface area contributed by atoms with Gasteiger partial charge < -0.3 is 14.2 Å². The monoisotopic (exact) mass is 867 g/mol. The van der Waals surface area contributed by atoms with Gasteiger partial charge in [-0.15, -0.1) is 0 Å². The maximum absolute atomic E-state index is 12.8. The molecule has 0 aromatic carbocycles. The van der Waals surface area contributed by atoms with E-state index in [4.69, 9.17) is 14.2 Å². The first-order valence-electron chi connectivity index (χ1n) is 26.3. The van der Waals surface area contributed by atoms with E-state index in [2.05, 4.69) is 81.5 Å². The fourth-order valence-electron chi connectivity index (χ4n) is 7.36. The summed E-state index contributed by atoms with van der Waals surface area (Å²) in [5.41, 5.74) is 0. The van der Waals surface area contributed by atoms with Crippen LogP contribution in [0.5, 0.6) is 0 Å². The minimum Gasteiger partial charge on any atom is -0.462 e. The normalized spacial score (nSPS) is 12.5. The number of esters is 3. The summed E-state index contributed by atoms with van der Waals surface area (Å²) in [5, 5.41) is 0. The zero-order valence-electron chi connectivity index (χ0n) is 40.9. The summed E-state index contributed by atoms with van der Waals surface area (Å²) in [6.07, 6.45) is 62.2. The number of ether oxygens (including phenoxy) is 3. The lowest BCUT2D eigenvalue weighted by molar-refractivity contribution is -0.167. The molecule has 0 saturated carbocycles. The predicted molar refractivity (Wildman–Crippen MR) is 265 cm³/mol. The van der Waals surface area contributed by atoms with Gasteiger partial charge in [0, 0.05) is 19.3 Å². The number of hydrogen-bond acceptors (Lipinski definition) is 6. The number of carbonyl (C=O) groups excluding carboxylic acids is 3.